The topological polar surface area (TPSA) is 78.9 Å². The zero-order valence-corrected chi connectivity index (χ0v) is 20.8. The van der Waals surface area contributed by atoms with E-state index in [2.05, 4.69) is 54.2 Å². The third kappa shape index (κ3) is 3.86. The van der Waals surface area contributed by atoms with Gasteiger partial charge in [0.05, 0.1) is 48.3 Å². The lowest BCUT2D eigenvalue weighted by atomic mass is 9.78. The van der Waals surface area contributed by atoms with Crippen molar-refractivity contribution in [1.29, 1.82) is 0 Å². The average molecular weight is 488 g/mol. The average Bonchev–Trinajstić information content (AvgIpc) is 3.26. The van der Waals surface area contributed by atoms with Gasteiger partial charge in [0.25, 0.3) is 0 Å². The fourth-order valence-corrected chi connectivity index (χ4v) is 6.32. The van der Waals surface area contributed by atoms with Gasteiger partial charge in [-0.2, -0.15) is 0 Å². The Morgan fingerprint density at radius 1 is 0.972 bits per heavy atom. The number of likely N-dealkylation sites (tertiary alicyclic amines) is 1. The Labute approximate surface area is 211 Å². The van der Waals surface area contributed by atoms with Crippen LogP contribution in [-0.2, 0) is 9.47 Å². The van der Waals surface area contributed by atoms with E-state index in [0.29, 0.717) is 16.8 Å². The Balaban J connectivity index is 1.04. The molecule has 9 nitrogen and oxygen atoms in total. The van der Waals surface area contributed by atoms with Crippen molar-refractivity contribution in [3.63, 3.8) is 0 Å². The zero-order chi connectivity index (χ0) is 24.2. The summed E-state index contributed by atoms with van der Waals surface area (Å²) in [5.41, 5.74) is 4.13. The van der Waals surface area contributed by atoms with Gasteiger partial charge < -0.3 is 24.6 Å². The van der Waals surface area contributed by atoms with Crippen LogP contribution in [0.4, 0.5) is 23.1 Å². The SMILES string of the molecule is COCCN1CC2(CCN(c3cccc4cnc(Nc5ccc(N6CC7(COC7)C6)cn5)nc34)C2)C1. The Bertz CT molecular complexity index is 1250. The van der Waals surface area contributed by atoms with Gasteiger partial charge in [0, 0.05) is 69.9 Å². The quantitative estimate of drug-likeness (QED) is 0.541. The molecule has 1 N–H and O–H groups in total. The second kappa shape index (κ2) is 8.54. The molecule has 0 bridgehead atoms. The van der Waals surface area contributed by atoms with E-state index >= 15 is 0 Å². The van der Waals surface area contributed by atoms with Crippen molar-refractivity contribution in [3.8, 4) is 0 Å². The van der Waals surface area contributed by atoms with Crippen molar-refractivity contribution < 1.29 is 9.47 Å². The maximum atomic E-state index is 5.38. The molecule has 4 fully saturated rings. The molecule has 7 rings (SSSR count). The summed E-state index contributed by atoms with van der Waals surface area (Å²) >= 11 is 0. The van der Waals surface area contributed by atoms with Crippen molar-refractivity contribution in [3.05, 3.63) is 42.7 Å². The van der Waals surface area contributed by atoms with E-state index < -0.39 is 0 Å². The normalized spacial score (nSPS) is 22.0. The van der Waals surface area contributed by atoms with E-state index in [1.807, 2.05) is 18.5 Å². The van der Waals surface area contributed by atoms with Crippen molar-refractivity contribution in [2.75, 3.05) is 87.9 Å². The van der Waals surface area contributed by atoms with E-state index in [9.17, 15) is 0 Å². The number of anilines is 4. The summed E-state index contributed by atoms with van der Waals surface area (Å²) in [6, 6.07) is 10.5. The number of benzene rings is 1. The number of aromatic nitrogens is 3. The number of pyridine rings is 1. The van der Waals surface area contributed by atoms with Crippen LogP contribution >= 0.6 is 0 Å². The molecular weight excluding hydrogens is 454 g/mol. The fourth-order valence-electron chi connectivity index (χ4n) is 6.32. The number of nitrogens with zero attached hydrogens (tertiary/aromatic N) is 6. The molecule has 6 heterocycles. The van der Waals surface area contributed by atoms with Crippen LogP contribution in [0.1, 0.15) is 6.42 Å². The minimum absolute atomic E-state index is 0.393. The number of nitrogens with one attached hydrogen (secondary N) is 1. The molecule has 4 saturated heterocycles. The van der Waals surface area contributed by atoms with Gasteiger partial charge in [0.2, 0.25) is 5.95 Å². The van der Waals surface area contributed by atoms with Gasteiger partial charge in [-0.05, 0) is 24.6 Å². The summed E-state index contributed by atoms with van der Waals surface area (Å²) in [4.78, 5) is 21.5. The van der Waals surface area contributed by atoms with Gasteiger partial charge in [-0.25, -0.2) is 15.0 Å². The summed E-state index contributed by atoms with van der Waals surface area (Å²) in [5.74, 6) is 1.33. The molecule has 0 saturated carbocycles. The third-order valence-corrected chi connectivity index (χ3v) is 8.32. The Morgan fingerprint density at radius 3 is 2.58 bits per heavy atom. The first-order valence-corrected chi connectivity index (χ1v) is 12.9. The summed E-state index contributed by atoms with van der Waals surface area (Å²) in [5, 5.41) is 4.37. The zero-order valence-electron chi connectivity index (χ0n) is 20.8. The molecule has 4 aliphatic heterocycles. The molecule has 0 aliphatic carbocycles. The number of para-hydroxylation sites is 1. The molecular formula is C27H33N7O2. The standard InChI is InChI=1S/C27H33N7O2/c1-35-10-9-32-13-26(14-32)7-8-33(15-26)22-4-2-3-20-11-29-25(31-24(20)22)30-23-6-5-21(12-28-23)34-16-27(17-34)18-36-19-27/h2-6,11-12H,7-10,13-19H2,1H3,(H,28,29,30,31). The first-order valence-electron chi connectivity index (χ1n) is 12.9. The Kier molecular flexibility index (Phi) is 5.27. The monoisotopic (exact) mass is 487 g/mol. The lowest BCUT2D eigenvalue weighted by molar-refractivity contribution is -0.127. The number of ether oxygens (including phenoxy) is 2. The Hall–Kier alpha value is -3.01. The van der Waals surface area contributed by atoms with E-state index in [4.69, 9.17) is 14.5 Å². The van der Waals surface area contributed by atoms with Gasteiger partial charge in [0.15, 0.2) is 0 Å². The second-order valence-corrected chi connectivity index (χ2v) is 11.2. The predicted molar refractivity (Wildman–Crippen MR) is 140 cm³/mol. The summed E-state index contributed by atoms with van der Waals surface area (Å²) in [6.07, 6.45) is 5.06. The predicted octanol–water partition coefficient (Wildman–Crippen LogP) is 2.76. The van der Waals surface area contributed by atoms with Gasteiger partial charge in [-0.1, -0.05) is 12.1 Å². The Morgan fingerprint density at radius 2 is 1.83 bits per heavy atom. The van der Waals surface area contributed by atoms with Crippen LogP contribution in [0.3, 0.4) is 0 Å². The first kappa shape index (κ1) is 22.2. The largest absolute Gasteiger partial charge is 0.383 e. The van der Waals surface area contributed by atoms with E-state index in [1.54, 1.807) is 7.11 Å². The molecule has 0 radical (unpaired) electrons. The van der Waals surface area contributed by atoms with Crippen LogP contribution in [-0.4, -0.2) is 92.6 Å². The molecule has 2 spiro atoms. The smallest absolute Gasteiger partial charge is 0.228 e. The minimum atomic E-state index is 0.393. The van der Waals surface area contributed by atoms with Crippen LogP contribution in [0.5, 0.6) is 0 Å². The lowest BCUT2D eigenvalue weighted by Crippen LogP contribution is -2.66. The summed E-state index contributed by atoms with van der Waals surface area (Å²) in [6.45, 7) is 10.2. The highest BCUT2D eigenvalue weighted by molar-refractivity contribution is 5.91. The maximum Gasteiger partial charge on any atom is 0.228 e. The molecule has 188 valence electrons. The molecule has 4 aliphatic rings. The van der Waals surface area contributed by atoms with E-state index in [0.717, 1.165) is 88.0 Å². The number of methoxy groups -OCH3 is 1. The maximum absolute atomic E-state index is 5.38. The highest BCUT2D eigenvalue weighted by Gasteiger charge is 2.49. The molecule has 36 heavy (non-hydrogen) atoms. The first-order chi connectivity index (χ1) is 17.6. The number of hydrogen-bond acceptors (Lipinski definition) is 9. The van der Waals surface area contributed by atoms with Gasteiger partial charge in [-0.3, -0.25) is 4.90 Å². The molecule has 9 heteroatoms. The summed E-state index contributed by atoms with van der Waals surface area (Å²) in [7, 11) is 1.77. The number of fused-ring (bicyclic) bond motifs is 1. The van der Waals surface area contributed by atoms with Crippen LogP contribution < -0.4 is 15.1 Å². The summed E-state index contributed by atoms with van der Waals surface area (Å²) < 4.78 is 10.6. The van der Waals surface area contributed by atoms with Crippen LogP contribution in [0.2, 0.25) is 0 Å². The van der Waals surface area contributed by atoms with Gasteiger partial charge in [-0.15, -0.1) is 0 Å². The molecule has 2 aromatic heterocycles. The van der Waals surface area contributed by atoms with Gasteiger partial charge >= 0.3 is 0 Å². The van der Waals surface area contributed by atoms with Crippen molar-refractivity contribution >= 4 is 34.0 Å². The molecule has 0 unspecified atom stereocenters. The van der Waals surface area contributed by atoms with Crippen molar-refractivity contribution in [2.24, 2.45) is 10.8 Å². The van der Waals surface area contributed by atoms with Crippen LogP contribution in [0.25, 0.3) is 10.9 Å². The molecule has 0 amide bonds. The number of hydrogen-bond donors (Lipinski definition) is 1. The molecule has 1 aromatic carbocycles. The number of rotatable bonds is 7. The van der Waals surface area contributed by atoms with Gasteiger partial charge in [0.1, 0.15) is 5.82 Å². The fraction of sp³-hybridized carbons (Fsp3) is 0.519. The minimum Gasteiger partial charge on any atom is -0.383 e. The van der Waals surface area contributed by atoms with E-state index in [-0.39, 0.29) is 0 Å². The molecule has 0 atom stereocenters. The van der Waals surface area contributed by atoms with Crippen LogP contribution in [0.15, 0.2) is 42.7 Å². The third-order valence-electron chi connectivity index (χ3n) is 8.32. The highest BCUT2D eigenvalue weighted by atomic mass is 16.5. The second-order valence-electron chi connectivity index (χ2n) is 11.2. The van der Waals surface area contributed by atoms with E-state index in [1.165, 1.54) is 12.1 Å². The van der Waals surface area contributed by atoms with Crippen LogP contribution in [0, 0.1) is 10.8 Å². The molecule has 3 aromatic rings. The van der Waals surface area contributed by atoms with Crippen molar-refractivity contribution in [1.82, 2.24) is 19.9 Å². The highest BCUT2D eigenvalue weighted by Crippen LogP contribution is 2.42. The lowest BCUT2D eigenvalue weighted by Gasteiger charge is -2.55. The van der Waals surface area contributed by atoms with Crippen molar-refractivity contribution in [2.45, 2.75) is 6.42 Å².